The first-order valence-electron chi connectivity index (χ1n) is 10.5. The summed E-state index contributed by atoms with van der Waals surface area (Å²) in [6.45, 7) is 10.1. The molecular formula is C25H27N5O. The Kier molecular flexibility index (Phi) is 5.55. The van der Waals surface area contributed by atoms with Crippen LogP contribution in [0.3, 0.4) is 0 Å². The molecule has 0 bridgehead atoms. The van der Waals surface area contributed by atoms with Gasteiger partial charge in [0.1, 0.15) is 5.82 Å². The monoisotopic (exact) mass is 413 g/mol. The van der Waals surface area contributed by atoms with Gasteiger partial charge in [-0.25, -0.2) is 14.6 Å². The van der Waals surface area contributed by atoms with Gasteiger partial charge in [-0.1, -0.05) is 23.8 Å². The maximum Gasteiger partial charge on any atom is 0.225 e. The topological polar surface area (TPSA) is 72.7 Å². The van der Waals surface area contributed by atoms with Gasteiger partial charge in [0.2, 0.25) is 5.91 Å². The molecule has 4 rings (SSSR count). The Labute approximate surface area is 182 Å². The van der Waals surface area contributed by atoms with E-state index in [9.17, 15) is 4.79 Å². The van der Waals surface area contributed by atoms with Gasteiger partial charge in [-0.2, -0.15) is 5.10 Å². The molecule has 6 heteroatoms. The Morgan fingerprint density at radius 3 is 2.45 bits per heavy atom. The van der Waals surface area contributed by atoms with Crippen LogP contribution in [0.25, 0.3) is 16.7 Å². The van der Waals surface area contributed by atoms with Crippen LogP contribution in [0.15, 0.2) is 42.6 Å². The molecule has 0 saturated carbocycles. The number of carbonyl (C=O) groups is 1. The molecule has 1 amide bonds. The van der Waals surface area contributed by atoms with Crippen molar-refractivity contribution in [1.29, 1.82) is 0 Å². The van der Waals surface area contributed by atoms with Crippen molar-refractivity contribution in [2.24, 2.45) is 0 Å². The minimum atomic E-state index is -0.0484. The number of carbonyl (C=O) groups excluding carboxylic acids is 1. The van der Waals surface area contributed by atoms with E-state index in [1.54, 1.807) is 6.20 Å². The van der Waals surface area contributed by atoms with Crippen molar-refractivity contribution in [2.45, 2.75) is 47.5 Å². The predicted molar refractivity (Wildman–Crippen MR) is 124 cm³/mol. The number of aromatic nitrogens is 4. The molecule has 31 heavy (non-hydrogen) atoms. The van der Waals surface area contributed by atoms with E-state index in [-0.39, 0.29) is 5.91 Å². The zero-order chi connectivity index (χ0) is 22.1. The molecular weight excluding hydrogens is 386 g/mol. The predicted octanol–water partition coefficient (Wildman–Crippen LogP) is 4.93. The molecule has 1 N–H and O–H groups in total. The van der Waals surface area contributed by atoms with Crippen molar-refractivity contribution >= 4 is 22.8 Å². The number of aryl methyl sites for hydroxylation is 5. The van der Waals surface area contributed by atoms with E-state index in [4.69, 9.17) is 10.1 Å². The summed E-state index contributed by atoms with van der Waals surface area (Å²) >= 11 is 0. The molecule has 1 aromatic carbocycles. The van der Waals surface area contributed by atoms with Crippen LogP contribution in [-0.4, -0.2) is 25.7 Å². The number of pyridine rings is 2. The summed E-state index contributed by atoms with van der Waals surface area (Å²) in [5, 5.41) is 8.73. The Morgan fingerprint density at radius 2 is 1.74 bits per heavy atom. The van der Waals surface area contributed by atoms with Crippen LogP contribution in [0.2, 0.25) is 0 Å². The Morgan fingerprint density at radius 1 is 1.00 bits per heavy atom. The zero-order valence-corrected chi connectivity index (χ0v) is 18.7. The van der Waals surface area contributed by atoms with Gasteiger partial charge in [0.15, 0.2) is 5.65 Å². The molecule has 158 valence electrons. The lowest BCUT2D eigenvalue weighted by atomic mass is 9.99. The van der Waals surface area contributed by atoms with Crippen LogP contribution < -0.4 is 5.32 Å². The highest BCUT2D eigenvalue weighted by Gasteiger charge is 2.18. The maximum atomic E-state index is 12.5. The molecule has 3 heterocycles. The molecule has 6 nitrogen and oxygen atoms in total. The van der Waals surface area contributed by atoms with Gasteiger partial charge < -0.3 is 5.32 Å². The first kappa shape index (κ1) is 20.7. The van der Waals surface area contributed by atoms with Gasteiger partial charge in [0, 0.05) is 23.7 Å². The zero-order valence-electron chi connectivity index (χ0n) is 18.7. The highest BCUT2D eigenvalue weighted by molar-refractivity contribution is 5.91. The van der Waals surface area contributed by atoms with Crippen LogP contribution in [-0.2, 0) is 11.2 Å². The van der Waals surface area contributed by atoms with E-state index in [0.717, 1.165) is 44.8 Å². The molecule has 4 aromatic rings. The van der Waals surface area contributed by atoms with Crippen LogP contribution >= 0.6 is 0 Å². The lowest BCUT2D eigenvalue weighted by molar-refractivity contribution is -0.116. The molecule has 0 spiro atoms. The second-order valence-electron chi connectivity index (χ2n) is 8.05. The average molecular weight is 414 g/mol. The highest BCUT2D eigenvalue weighted by Crippen LogP contribution is 2.28. The van der Waals surface area contributed by atoms with Crippen molar-refractivity contribution in [1.82, 2.24) is 19.7 Å². The second kappa shape index (κ2) is 8.30. The van der Waals surface area contributed by atoms with Crippen molar-refractivity contribution < 1.29 is 4.79 Å². The third-order valence-electron chi connectivity index (χ3n) is 5.72. The van der Waals surface area contributed by atoms with Gasteiger partial charge in [-0.3, -0.25) is 4.79 Å². The quantitative estimate of drug-likeness (QED) is 0.504. The standard InChI is InChI=1S/C25H27N5O/c1-15-8-10-20(11-9-15)30-25-23(19(5)29-30)17(3)21(18(4)27-25)12-13-22(31)28-24-16(2)7-6-14-26-24/h6-11,14H,12-13H2,1-5H3,(H,26,28,31). The Hall–Kier alpha value is -3.54. The molecule has 0 saturated heterocycles. The van der Waals surface area contributed by atoms with E-state index in [2.05, 4.69) is 48.4 Å². The van der Waals surface area contributed by atoms with Gasteiger partial charge in [0.05, 0.1) is 11.4 Å². The summed E-state index contributed by atoms with van der Waals surface area (Å²) in [5.41, 5.74) is 8.12. The molecule has 0 aliphatic heterocycles. The number of fused-ring (bicyclic) bond motifs is 1. The van der Waals surface area contributed by atoms with E-state index < -0.39 is 0 Å². The lowest BCUT2D eigenvalue weighted by Crippen LogP contribution is -2.15. The Balaban J connectivity index is 1.62. The Bertz CT molecular complexity index is 1270. The normalized spacial score (nSPS) is 11.1. The average Bonchev–Trinajstić information content (AvgIpc) is 3.06. The molecule has 0 atom stereocenters. The fourth-order valence-electron chi connectivity index (χ4n) is 3.99. The summed E-state index contributed by atoms with van der Waals surface area (Å²) < 4.78 is 1.91. The molecule has 0 aliphatic carbocycles. The van der Waals surface area contributed by atoms with Crippen LogP contribution in [0, 0.1) is 34.6 Å². The van der Waals surface area contributed by atoms with Crippen LogP contribution in [0.1, 0.15) is 40.1 Å². The number of hydrogen-bond donors (Lipinski definition) is 1. The number of nitrogens with one attached hydrogen (secondary N) is 1. The SMILES string of the molecule is Cc1ccc(-n2nc(C)c3c(C)c(CCC(=O)Nc4ncccc4C)c(C)nc32)cc1. The van der Waals surface area contributed by atoms with Crippen molar-refractivity contribution in [3.8, 4) is 5.69 Å². The van der Waals surface area contributed by atoms with Gasteiger partial charge >= 0.3 is 0 Å². The van der Waals surface area contributed by atoms with Crippen LogP contribution in [0.4, 0.5) is 5.82 Å². The molecule has 0 fully saturated rings. The largest absolute Gasteiger partial charge is 0.310 e. The van der Waals surface area contributed by atoms with E-state index in [1.807, 2.05) is 37.6 Å². The highest BCUT2D eigenvalue weighted by atomic mass is 16.1. The number of anilines is 1. The van der Waals surface area contributed by atoms with Crippen molar-refractivity contribution in [3.05, 3.63) is 76.2 Å². The number of benzene rings is 1. The summed E-state index contributed by atoms with van der Waals surface area (Å²) in [6.07, 6.45) is 2.67. The molecule has 0 unspecified atom stereocenters. The summed E-state index contributed by atoms with van der Waals surface area (Å²) in [6, 6.07) is 12.1. The van der Waals surface area contributed by atoms with E-state index in [0.29, 0.717) is 18.7 Å². The molecule has 0 radical (unpaired) electrons. The first-order valence-corrected chi connectivity index (χ1v) is 10.5. The fourth-order valence-corrected chi connectivity index (χ4v) is 3.99. The van der Waals surface area contributed by atoms with Crippen molar-refractivity contribution in [2.75, 3.05) is 5.32 Å². The second-order valence-corrected chi connectivity index (χ2v) is 8.05. The number of rotatable bonds is 5. The first-order chi connectivity index (χ1) is 14.8. The maximum absolute atomic E-state index is 12.5. The van der Waals surface area contributed by atoms with Gasteiger partial charge in [-0.05, 0) is 75.9 Å². The van der Waals surface area contributed by atoms with Gasteiger partial charge in [-0.15, -0.1) is 0 Å². The van der Waals surface area contributed by atoms with E-state index in [1.165, 1.54) is 5.56 Å². The van der Waals surface area contributed by atoms with Crippen LogP contribution in [0.5, 0.6) is 0 Å². The minimum Gasteiger partial charge on any atom is -0.310 e. The number of nitrogens with zero attached hydrogens (tertiary/aromatic N) is 4. The third kappa shape index (κ3) is 4.06. The summed E-state index contributed by atoms with van der Waals surface area (Å²) in [7, 11) is 0. The molecule has 0 aliphatic rings. The number of amides is 1. The third-order valence-corrected chi connectivity index (χ3v) is 5.72. The van der Waals surface area contributed by atoms with E-state index >= 15 is 0 Å². The lowest BCUT2D eigenvalue weighted by Gasteiger charge is -2.12. The fraction of sp³-hybridized carbons (Fsp3) is 0.280. The minimum absolute atomic E-state index is 0.0484. The summed E-state index contributed by atoms with van der Waals surface area (Å²) in [5.74, 6) is 0.567. The number of hydrogen-bond acceptors (Lipinski definition) is 4. The van der Waals surface area contributed by atoms with Crippen molar-refractivity contribution in [3.63, 3.8) is 0 Å². The smallest absolute Gasteiger partial charge is 0.225 e. The van der Waals surface area contributed by atoms with Gasteiger partial charge in [0.25, 0.3) is 0 Å². The summed E-state index contributed by atoms with van der Waals surface area (Å²) in [4.78, 5) is 21.7. The molecule has 3 aromatic heterocycles.